The standard InChI is InChI=1S/C24H32N6O2/c31-23(25-29-11-3-1-4-12-29)19-27-15-7-21(8-16-27)22-9-17-28(18-10-22)20-24(32)26-30-13-5-2-6-14-30/h7-10,15-18H,1-6,11-14,19-20H2/p+2. The molecule has 4 rings (SSSR count). The van der Waals surface area contributed by atoms with Crippen molar-refractivity contribution in [2.45, 2.75) is 51.6 Å². The summed E-state index contributed by atoms with van der Waals surface area (Å²) in [5, 5.41) is 4.04. The van der Waals surface area contributed by atoms with Gasteiger partial charge in [-0.3, -0.25) is 20.4 Å². The summed E-state index contributed by atoms with van der Waals surface area (Å²) in [5.41, 5.74) is 8.14. The van der Waals surface area contributed by atoms with E-state index in [1.54, 1.807) is 0 Å². The quantitative estimate of drug-likeness (QED) is 0.632. The summed E-state index contributed by atoms with van der Waals surface area (Å²) in [7, 11) is 0. The number of aromatic nitrogens is 2. The molecule has 8 nitrogen and oxygen atoms in total. The van der Waals surface area contributed by atoms with Crippen LogP contribution in [0.5, 0.6) is 0 Å². The lowest BCUT2D eigenvalue weighted by molar-refractivity contribution is -0.684. The fourth-order valence-electron chi connectivity index (χ4n) is 4.28. The van der Waals surface area contributed by atoms with Crippen LogP contribution in [0, 0.1) is 0 Å². The largest absolute Gasteiger partial charge is 0.300 e. The highest BCUT2D eigenvalue weighted by Gasteiger charge is 2.17. The minimum atomic E-state index is 0.00762. The van der Waals surface area contributed by atoms with E-state index >= 15 is 0 Å². The number of piperidine rings is 2. The molecule has 32 heavy (non-hydrogen) atoms. The van der Waals surface area contributed by atoms with E-state index in [2.05, 4.69) is 10.9 Å². The second-order valence-electron chi connectivity index (χ2n) is 8.68. The second-order valence-corrected chi connectivity index (χ2v) is 8.68. The SMILES string of the molecule is O=C(C[n+]1ccc(-c2cc[n+](CC(=O)NN3CCCCC3)cc2)cc1)NN1CCCCC1. The lowest BCUT2D eigenvalue weighted by atomic mass is 10.1. The number of nitrogens with zero attached hydrogens (tertiary/aromatic N) is 4. The van der Waals surface area contributed by atoms with E-state index in [1.807, 2.05) is 68.2 Å². The summed E-state index contributed by atoms with van der Waals surface area (Å²) in [5.74, 6) is 0.0152. The zero-order valence-electron chi connectivity index (χ0n) is 18.7. The van der Waals surface area contributed by atoms with E-state index in [0.717, 1.165) is 63.0 Å². The Kier molecular flexibility index (Phi) is 7.79. The number of hydrogen-bond acceptors (Lipinski definition) is 4. The van der Waals surface area contributed by atoms with E-state index in [4.69, 9.17) is 0 Å². The molecule has 8 heteroatoms. The van der Waals surface area contributed by atoms with E-state index in [9.17, 15) is 9.59 Å². The second kappa shape index (κ2) is 11.2. The maximum Gasteiger partial charge on any atom is 0.300 e. The minimum absolute atomic E-state index is 0.00762. The van der Waals surface area contributed by atoms with Gasteiger partial charge in [0.15, 0.2) is 24.8 Å². The summed E-state index contributed by atoms with van der Waals surface area (Å²) in [6, 6.07) is 8.04. The predicted octanol–water partition coefficient (Wildman–Crippen LogP) is 0.963. The Morgan fingerprint density at radius 3 is 1.31 bits per heavy atom. The van der Waals surface area contributed by atoms with E-state index in [-0.39, 0.29) is 11.8 Å². The summed E-state index contributed by atoms with van der Waals surface area (Å²) in [6.07, 6.45) is 14.8. The number of carbonyl (C=O) groups excluding carboxylic acids is 2. The van der Waals surface area contributed by atoms with Gasteiger partial charge < -0.3 is 0 Å². The van der Waals surface area contributed by atoms with Crippen LogP contribution >= 0.6 is 0 Å². The zero-order valence-corrected chi connectivity index (χ0v) is 18.7. The Bertz CT molecular complexity index is 812. The van der Waals surface area contributed by atoms with Crippen molar-refractivity contribution in [1.29, 1.82) is 0 Å². The molecular formula is C24H34N6O2+2. The average molecular weight is 439 g/mol. The normalized spacial score (nSPS) is 17.6. The molecule has 2 N–H and O–H groups in total. The highest BCUT2D eigenvalue weighted by Crippen LogP contribution is 2.15. The first kappa shape index (κ1) is 22.4. The molecule has 0 aliphatic carbocycles. The monoisotopic (exact) mass is 438 g/mol. The Morgan fingerprint density at radius 1 is 0.625 bits per heavy atom. The molecule has 170 valence electrons. The highest BCUT2D eigenvalue weighted by atomic mass is 16.2. The first-order chi connectivity index (χ1) is 15.7. The highest BCUT2D eigenvalue weighted by molar-refractivity contribution is 5.74. The van der Waals surface area contributed by atoms with Gasteiger partial charge in [0, 0.05) is 50.4 Å². The van der Waals surface area contributed by atoms with Crippen LogP contribution in [0.3, 0.4) is 0 Å². The number of nitrogens with one attached hydrogen (secondary N) is 2. The number of amides is 2. The summed E-state index contributed by atoms with van der Waals surface area (Å²) in [4.78, 5) is 24.5. The Morgan fingerprint density at radius 2 is 0.969 bits per heavy atom. The third-order valence-electron chi connectivity index (χ3n) is 6.05. The molecule has 0 aromatic carbocycles. The first-order valence-corrected chi connectivity index (χ1v) is 11.7. The minimum Gasteiger partial charge on any atom is -0.283 e. The van der Waals surface area contributed by atoms with Crippen LogP contribution in [0.4, 0.5) is 0 Å². The van der Waals surface area contributed by atoms with E-state index in [0.29, 0.717) is 13.1 Å². The van der Waals surface area contributed by atoms with Gasteiger partial charge in [0.2, 0.25) is 13.1 Å². The molecule has 2 aromatic rings. The van der Waals surface area contributed by atoms with E-state index < -0.39 is 0 Å². The Balaban J connectivity index is 1.27. The molecule has 0 saturated carbocycles. The molecule has 0 radical (unpaired) electrons. The molecule has 4 heterocycles. The van der Waals surface area contributed by atoms with Gasteiger partial charge in [0.05, 0.1) is 0 Å². The molecule has 2 aliphatic heterocycles. The number of pyridine rings is 2. The summed E-state index contributed by atoms with van der Waals surface area (Å²) >= 11 is 0. The molecule has 2 saturated heterocycles. The maximum absolute atomic E-state index is 12.3. The molecular weight excluding hydrogens is 404 g/mol. The molecule has 0 unspecified atom stereocenters. The molecule has 2 fully saturated rings. The topological polar surface area (TPSA) is 72.4 Å². The van der Waals surface area contributed by atoms with Crippen LogP contribution in [0.2, 0.25) is 0 Å². The van der Waals surface area contributed by atoms with Gasteiger partial charge in [0.1, 0.15) is 0 Å². The lowest BCUT2D eigenvalue weighted by Crippen LogP contribution is -2.50. The van der Waals surface area contributed by atoms with Gasteiger partial charge in [-0.1, -0.05) is 12.8 Å². The van der Waals surface area contributed by atoms with Gasteiger partial charge in [-0.05, 0) is 36.8 Å². The van der Waals surface area contributed by atoms with Crippen molar-refractivity contribution < 1.29 is 18.7 Å². The smallest absolute Gasteiger partial charge is 0.283 e. The Labute approximate surface area is 189 Å². The van der Waals surface area contributed by atoms with Crippen LogP contribution in [-0.4, -0.2) is 48.0 Å². The predicted molar refractivity (Wildman–Crippen MR) is 119 cm³/mol. The van der Waals surface area contributed by atoms with Crippen molar-refractivity contribution >= 4 is 11.8 Å². The van der Waals surface area contributed by atoms with Crippen molar-refractivity contribution in [2.24, 2.45) is 0 Å². The molecule has 2 amide bonds. The number of rotatable bonds is 7. The van der Waals surface area contributed by atoms with Crippen molar-refractivity contribution in [2.75, 3.05) is 26.2 Å². The average Bonchev–Trinajstić information content (AvgIpc) is 2.81. The van der Waals surface area contributed by atoms with Crippen molar-refractivity contribution in [3.63, 3.8) is 0 Å². The molecule has 2 aliphatic rings. The molecule has 0 atom stereocenters. The Hall–Kier alpha value is -2.84. The van der Waals surface area contributed by atoms with Crippen LogP contribution in [0.1, 0.15) is 38.5 Å². The third kappa shape index (κ3) is 6.58. The van der Waals surface area contributed by atoms with Crippen LogP contribution in [0.25, 0.3) is 11.1 Å². The molecule has 0 bridgehead atoms. The van der Waals surface area contributed by atoms with Crippen molar-refractivity contribution in [3.05, 3.63) is 49.1 Å². The molecule has 2 aromatic heterocycles. The van der Waals surface area contributed by atoms with Gasteiger partial charge >= 0.3 is 0 Å². The van der Waals surface area contributed by atoms with Crippen molar-refractivity contribution in [3.8, 4) is 11.1 Å². The first-order valence-electron chi connectivity index (χ1n) is 11.7. The summed E-state index contributed by atoms with van der Waals surface area (Å²) < 4.78 is 3.77. The zero-order chi connectivity index (χ0) is 22.2. The van der Waals surface area contributed by atoms with Crippen LogP contribution in [-0.2, 0) is 22.7 Å². The number of carbonyl (C=O) groups is 2. The van der Waals surface area contributed by atoms with Gasteiger partial charge in [-0.15, -0.1) is 0 Å². The number of hydrazine groups is 2. The molecule has 0 spiro atoms. The van der Waals surface area contributed by atoms with E-state index in [1.165, 1.54) is 12.8 Å². The maximum atomic E-state index is 12.3. The van der Waals surface area contributed by atoms with Gasteiger partial charge in [0.25, 0.3) is 11.8 Å². The van der Waals surface area contributed by atoms with Crippen LogP contribution in [0.15, 0.2) is 49.1 Å². The van der Waals surface area contributed by atoms with Crippen molar-refractivity contribution in [1.82, 2.24) is 20.9 Å². The number of hydrogen-bond donors (Lipinski definition) is 2. The van der Waals surface area contributed by atoms with Crippen LogP contribution < -0.4 is 20.0 Å². The lowest BCUT2D eigenvalue weighted by Gasteiger charge is -2.26. The third-order valence-corrected chi connectivity index (χ3v) is 6.05. The van der Waals surface area contributed by atoms with Gasteiger partial charge in [-0.25, -0.2) is 10.0 Å². The van der Waals surface area contributed by atoms with Gasteiger partial charge in [-0.2, -0.15) is 9.13 Å². The fraction of sp³-hybridized carbons (Fsp3) is 0.500. The summed E-state index contributed by atoms with van der Waals surface area (Å²) in [6.45, 7) is 4.34. The fourth-order valence-corrected chi connectivity index (χ4v) is 4.28.